The van der Waals surface area contributed by atoms with Gasteiger partial charge in [-0.25, -0.2) is 4.79 Å². The van der Waals surface area contributed by atoms with E-state index in [4.69, 9.17) is 5.11 Å². The van der Waals surface area contributed by atoms with Gasteiger partial charge in [0.2, 0.25) is 0 Å². The molecular weight excluding hydrogens is 264 g/mol. The lowest BCUT2D eigenvalue weighted by atomic mass is 10.1. The molecule has 0 bridgehead atoms. The van der Waals surface area contributed by atoms with E-state index in [1.54, 1.807) is 6.08 Å². The molecule has 114 valence electrons. The maximum absolute atomic E-state index is 10.5. The SMILES string of the molecule is CN(CCN1CCCC1)Cc1ccc(C=CC(=O)O)cc1. The molecule has 1 aromatic carbocycles. The first kappa shape index (κ1) is 15.7. The molecule has 0 spiro atoms. The average Bonchev–Trinajstić information content (AvgIpc) is 2.98. The van der Waals surface area contributed by atoms with Gasteiger partial charge < -0.3 is 14.9 Å². The van der Waals surface area contributed by atoms with E-state index in [1.165, 1.54) is 31.5 Å². The Bertz CT molecular complexity index is 476. The minimum absolute atomic E-state index is 0.916. The number of benzene rings is 1. The van der Waals surface area contributed by atoms with Gasteiger partial charge in [-0.15, -0.1) is 0 Å². The van der Waals surface area contributed by atoms with Crippen LogP contribution in [0.5, 0.6) is 0 Å². The van der Waals surface area contributed by atoms with Gasteiger partial charge >= 0.3 is 5.97 Å². The molecular formula is C17H24N2O2. The molecule has 0 aromatic heterocycles. The minimum atomic E-state index is -0.916. The van der Waals surface area contributed by atoms with Crippen molar-refractivity contribution in [3.63, 3.8) is 0 Å². The minimum Gasteiger partial charge on any atom is -0.478 e. The van der Waals surface area contributed by atoms with Gasteiger partial charge in [0.25, 0.3) is 0 Å². The molecule has 1 aromatic rings. The molecule has 21 heavy (non-hydrogen) atoms. The first-order chi connectivity index (χ1) is 10.1. The summed E-state index contributed by atoms with van der Waals surface area (Å²) in [6.07, 6.45) is 5.46. The first-order valence-corrected chi connectivity index (χ1v) is 7.54. The van der Waals surface area contributed by atoms with Crippen LogP contribution in [0.1, 0.15) is 24.0 Å². The maximum atomic E-state index is 10.5. The van der Waals surface area contributed by atoms with Crippen LogP contribution < -0.4 is 0 Å². The van der Waals surface area contributed by atoms with E-state index in [0.29, 0.717) is 0 Å². The standard InChI is InChI=1S/C17H24N2O2/c1-18(12-13-19-10-2-3-11-19)14-16-6-4-15(5-7-16)8-9-17(20)21/h4-9H,2-3,10-14H2,1H3,(H,20,21). The van der Waals surface area contributed by atoms with Crippen LogP contribution in [0, 0.1) is 0 Å². The van der Waals surface area contributed by atoms with Crippen molar-refractivity contribution >= 4 is 12.0 Å². The summed E-state index contributed by atoms with van der Waals surface area (Å²) >= 11 is 0. The second kappa shape index (κ2) is 7.96. The van der Waals surface area contributed by atoms with Gasteiger partial charge in [-0.05, 0) is 50.2 Å². The molecule has 1 saturated heterocycles. The van der Waals surface area contributed by atoms with E-state index >= 15 is 0 Å². The highest BCUT2D eigenvalue weighted by Crippen LogP contribution is 2.10. The van der Waals surface area contributed by atoms with E-state index < -0.39 is 5.97 Å². The number of aliphatic carboxylic acids is 1. The third-order valence-electron chi connectivity index (χ3n) is 3.85. The molecule has 1 heterocycles. The number of nitrogens with zero attached hydrogens (tertiary/aromatic N) is 2. The summed E-state index contributed by atoms with van der Waals surface area (Å²) in [5.74, 6) is -0.916. The lowest BCUT2D eigenvalue weighted by molar-refractivity contribution is -0.131. The van der Waals surface area contributed by atoms with Crippen LogP contribution in [-0.4, -0.2) is 54.1 Å². The Kier molecular flexibility index (Phi) is 5.96. The van der Waals surface area contributed by atoms with Crippen LogP contribution in [0.25, 0.3) is 6.08 Å². The van der Waals surface area contributed by atoms with Gasteiger partial charge in [0.1, 0.15) is 0 Å². The van der Waals surface area contributed by atoms with Crippen molar-refractivity contribution in [2.24, 2.45) is 0 Å². The highest BCUT2D eigenvalue weighted by atomic mass is 16.4. The van der Waals surface area contributed by atoms with Crippen LogP contribution in [-0.2, 0) is 11.3 Å². The highest BCUT2D eigenvalue weighted by Gasteiger charge is 2.11. The largest absolute Gasteiger partial charge is 0.478 e. The Morgan fingerprint density at radius 2 is 1.95 bits per heavy atom. The van der Waals surface area contributed by atoms with Gasteiger partial charge in [0.05, 0.1) is 0 Å². The maximum Gasteiger partial charge on any atom is 0.328 e. The lowest BCUT2D eigenvalue weighted by Gasteiger charge is -2.21. The van der Waals surface area contributed by atoms with Crippen molar-refractivity contribution in [1.82, 2.24) is 9.80 Å². The molecule has 0 aliphatic carbocycles. The molecule has 4 nitrogen and oxygen atoms in total. The van der Waals surface area contributed by atoms with Crippen LogP contribution in [0.15, 0.2) is 30.3 Å². The van der Waals surface area contributed by atoms with Crippen molar-refractivity contribution in [3.05, 3.63) is 41.5 Å². The fourth-order valence-electron chi connectivity index (χ4n) is 2.61. The molecule has 2 rings (SSSR count). The molecule has 0 amide bonds. The predicted molar refractivity (Wildman–Crippen MR) is 85.1 cm³/mol. The number of hydrogen-bond acceptors (Lipinski definition) is 3. The molecule has 1 fully saturated rings. The lowest BCUT2D eigenvalue weighted by Crippen LogP contribution is -2.31. The Labute approximate surface area is 126 Å². The summed E-state index contributed by atoms with van der Waals surface area (Å²) < 4.78 is 0. The van der Waals surface area contributed by atoms with Crippen LogP contribution >= 0.6 is 0 Å². The average molecular weight is 288 g/mol. The smallest absolute Gasteiger partial charge is 0.328 e. The zero-order chi connectivity index (χ0) is 15.1. The quantitative estimate of drug-likeness (QED) is 0.782. The Morgan fingerprint density at radius 1 is 1.29 bits per heavy atom. The monoisotopic (exact) mass is 288 g/mol. The second-order valence-corrected chi connectivity index (χ2v) is 5.70. The number of likely N-dealkylation sites (N-methyl/N-ethyl adjacent to an activating group) is 1. The van der Waals surface area contributed by atoms with Gasteiger partial charge in [0.15, 0.2) is 0 Å². The van der Waals surface area contributed by atoms with Gasteiger partial charge in [-0.3, -0.25) is 0 Å². The summed E-state index contributed by atoms with van der Waals surface area (Å²) in [7, 11) is 2.15. The second-order valence-electron chi connectivity index (χ2n) is 5.70. The van der Waals surface area contributed by atoms with Crippen molar-refractivity contribution in [1.29, 1.82) is 0 Å². The van der Waals surface area contributed by atoms with E-state index in [-0.39, 0.29) is 0 Å². The number of hydrogen-bond donors (Lipinski definition) is 1. The third kappa shape index (κ3) is 5.69. The van der Waals surface area contributed by atoms with E-state index in [1.807, 2.05) is 12.1 Å². The summed E-state index contributed by atoms with van der Waals surface area (Å²) in [5.41, 5.74) is 2.17. The Balaban J connectivity index is 1.77. The fraction of sp³-hybridized carbons (Fsp3) is 0.471. The van der Waals surface area contributed by atoms with Crippen LogP contribution in [0.2, 0.25) is 0 Å². The Morgan fingerprint density at radius 3 is 2.57 bits per heavy atom. The molecule has 1 N–H and O–H groups in total. The van der Waals surface area contributed by atoms with Crippen molar-refractivity contribution in [2.45, 2.75) is 19.4 Å². The molecule has 0 unspecified atom stereocenters. The van der Waals surface area contributed by atoms with E-state index in [0.717, 1.165) is 31.3 Å². The highest BCUT2D eigenvalue weighted by molar-refractivity contribution is 5.85. The van der Waals surface area contributed by atoms with Crippen LogP contribution in [0.4, 0.5) is 0 Å². The number of carbonyl (C=O) groups is 1. The number of carboxylic acid groups (broad SMARTS) is 1. The van der Waals surface area contributed by atoms with E-state index in [9.17, 15) is 4.79 Å². The normalized spacial score (nSPS) is 16.1. The fourth-order valence-corrected chi connectivity index (χ4v) is 2.61. The van der Waals surface area contributed by atoms with Gasteiger partial charge in [0, 0.05) is 25.7 Å². The van der Waals surface area contributed by atoms with Crippen molar-refractivity contribution < 1.29 is 9.90 Å². The molecule has 0 radical (unpaired) electrons. The van der Waals surface area contributed by atoms with Crippen molar-refractivity contribution in [3.8, 4) is 0 Å². The summed E-state index contributed by atoms with van der Waals surface area (Å²) in [6.45, 7) is 5.66. The summed E-state index contributed by atoms with van der Waals surface area (Å²) in [5, 5.41) is 8.60. The number of carboxylic acids is 1. The van der Waals surface area contributed by atoms with Gasteiger partial charge in [-0.2, -0.15) is 0 Å². The molecule has 0 atom stereocenters. The molecule has 1 aliphatic heterocycles. The van der Waals surface area contributed by atoms with Gasteiger partial charge in [-0.1, -0.05) is 24.3 Å². The van der Waals surface area contributed by atoms with Crippen LogP contribution in [0.3, 0.4) is 0 Å². The molecule has 1 aliphatic rings. The number of rotatable bonds is 7. The van der Waals surface area contributed by atoms with E-state index in [2.05, 4.69) is 29.0 Å². The summed E-state index contributed by atoms with van der Waals surface area (Å²) in [6, 6.07) is 8.05. The topological polar surface area (TPSA) is 43.8 Å². The zero-order valence-corrected chi connectivity index (χ0v) is 12.7. The molecule has 0 saturated carbocycles. The third-order valence-corrected chi connectivity index (χ3v) is 3.85. The first-order valence-electron chi connectivity index (χ1n) is 7.54. The summed E-state index contributed by atoms with van der Waals surface area (Å²) in [4.78, 5) is 15.3. The zero-order valence-electron chi connectivity index (χ0n) is 12.7. The number of likely N-dealkylation sites (tertiary alicyclic amines) is 1. The molecule has 4 heteroatoms. The predicted octanol–water partition coefficient (Wildman–Crippen LogP) is 2.31. The van der Waals surface area contributed by atoms with Crippen molar-refractivity contribution in [2.75, 3.05) is 33.2 Å². The Hall–Kier alpha value is -1.65.